The van der Waals surface area contributed by atoms with Crippen LogP contribution in [0.25, 0.3) is 16.6 Å². The number of hydrogen-bond acceptors (Lipinski definition) is 5. The van der Waals surface area contributed by atoms with Gasteiger partial charge in [-0.2, -0.15) is 0 Å². The Morgan fingerprint density at radius 3 is 2.70 bits per heavy atom. The summed E-state index contributed by atoms with van der Waals surface area (Å²) in [5, 5.41) is 4.06. The molecule has 0 amide bonds. The normalized spacial score (nSPS) is 15.1. The van der Waals surface area contributed by atoms with E-state index in [2.05, 4.69) is 5.32 Å². The van der Waals surface area contributed by atoms with Gasteiger partial charge in [-0.15, -0.1) is 11.8 Å². The Bertz CT molecular complexity index is 1090. The van der Waals surface area contributed by atoms with Crippen molar-refractivity contribution >= 4 is 22.7 Å². The third-order valence-electron chi connectivity index (χ3n) is 5.54. The van der Waals surface area contributed by atoms with Crippen molar-refractivity contribution in [2.24, 2.45) is 5.92 Å². The van der Waals surface area contributed by atoms with E-state index < -0.39 is 0 Å². The molecule has 1 aliphatic heterocycles. The van der Waals surface area contributed by atoms with E-state index in [4.69, 9.17) is 9.72 Å². The van der Waals surface area contributed by atoms with Crippen molar-refractivity contribution in [1.29, 1.82) is 0 Å². The van der Waals surface area contributed by atoms with Gasteiger partial charge in [-0.05, 0) is 82.3 Å². The number of nitrogens with zero attached hydrogens (tertiary/aromatic N) is 2. The van der Waals surface area contributed by atoms with Gasteiger partial charge in [0.15, 0.2) is 0 Å². The van der Waals surface area contributed by atoms with E-state index in [1.54, 1.807) is 16.3 Å². The fraction of sp³-hybridized carbons (Fsp3) is 0.417. The third kappa shape index (κ3) is 4.40. The monoisotopic (exact) mass is 423 g/mol. The lowest BCUT2D eigenvalue weighted by molar-refractivity contribution is 0.241. The van der Waals surface area contributed by atoms with Crippen LogP contribution in [0.3, 0.4) is 0 Å². The number of aromatic nitrogens is 2. The quantitative estimate of drug-likeness (QED) is 0.594. The summed E-state index contributed by atoms with van der Waals surface area (Å²) >= 11 is 1.66. The Balaban J connectivity index is 1.93. The third-order valence-corrected chi connectivity index (χ3v) is 6.27. The molecular weight excluding hydrogens is 394 g/mol. The highest BCUT2D eigenvalue weighted by molar-refractivity contribution is 7.98. The Labute approximate surface area is 181 Å². The van der Waals surface area contributed by atoms with Crippen LogP contribution in [0.15, 0.2) is 52.2 Å². The largest absolute Gasteiger partial charge is 0.489 e. The fourth-order valence-corrected chi connectivity index (χ4v) is 4.49. The molecule has 3 aromatic rings. The number of benzene rings is 2. The van der Waals surface area contributed by atoms with Gasteiger partial charge in [0.25, 0.3) is 5.56 Å². The maximum absolute atomic E-state index is 13.7. The van der Waals surface area contributed by atoms with E-state index in [-0.39, 0.29) is 11.7 Å². The van der Waals surface area contributed by atoms with Gasteiger partial charge in [-0.3, -0.25) is 9.36 Å². The minimum atomic E-state index is -0.0311. The average molecular weight is 424 g/mol. The van der Waals surface area contributed by atoms with Crippen LogP contribution in [0, 0.1) is 5.92 Å². The lowest BCUT2D eigenvalue weighted by Crippen LogP contribution is -2.31. The van der Waals surface area contributed by atoms with Gasteiger partial charge < -0.3 is 10.1 Å². The Morgan fingerprint density at radius 2 is 1.97 bits per heavy atom. The molecule has 2 aromatic carbocycles. The number of hydrogen-bond donors (Lipinski definition) is 1. The molecule has 0 bridgehead atoms. The molecule has 6 heteroatoms. The average Bonchev–Trinajstić information content (AvgIpc) is 2.75. The van der Waals surface area contributed by atoms with Crippen LogP contribution in [0.4, 0.5) is 0 Å². The molecule has 1 aliphatic rings. The molecule has 4 rings (SSSR count). The molecule has 5 nitrogen and oxygen atoms in total. The van der Waals surface area contributed by atoms with Gasteiger partial charge in [-0.1, -0.05) is 12.1 Å². The molecule has 1 fully saturated rings. The molecular formula is C24H29N3O2S. The van der Waals surface area contributed by atoms with Crippen molar-refractivity contribution in [2.45, 2.75) is 44.1 Å². The van der Waals surface area contributed by atoms with Crippen LogP contribution < -0.4 is 15.6 Å². The fourth-order valence-electron chi connectivity index (χ4n) is 4.06. The zero-order chi connectivity index (χ0) is 21.1. The summed E-state index contributed by atoms with van der Waals surface area (Å²) in [7, 11) is 0. The molecule has 1 saturated heterocycles. The van der Waals surface area contributed by atoms with Gasteiger partial charge in [-0.25, -0.2) is 4.98 Å². The molecule has 0 spiro atoms. The number of ether oxygens (including phenoxy) is 1. The second kappa shape index (κ2) is 9.23. The number of nitrogens with one attached hydrogen (secondary N) is 1. The maximum atomic E-state index is 13.7. The summed E-state index contributed by atoms with van der Waals surface area (Å²) in [6, 6.07) is 13.7. The highest BCUT2D eigenvalue weighted by Gasteiger charge is 2.21. The van der Waals surface area contributed by atoms with Crippen molar-refractivity contribution in [1.82, 2.24) is 14.9 Å². The van der Waals surface area contributed by atoms with Crippen LogP contribution in [0.1, 0.15) is 32.5 Å². The van der Waals surface area contributed by atoms with Gasteiger partial charge in [0.2, 0.25) is 0 Å². The van der Waals surface area contributed by atoms with E-state index >= 15 is 0 Å². The predicted octanol–water partition coefficient (Wildman–Crippen LogP) is 4.44. The molecule has 0 aliphatic carbocycles. The van der Waals surface area contributed by atoms with Crippen LogP contribution in [0.5, 0.6) is 5.75 Å². The molecule has 2 heterocycles. The Kier molecular flexibility index (Phi) is 6.44. The second-order valence-corrected chi connectivity index (χ2v) is 8.96. The van der Waals surface area contributed by atoms with E-state index in [9.17, 15) is 4.79 Å². The molecule has 158 valence electrons. The molecule has 1 N–H and O–H groups in total. The summed E-state index contributed by atoms with van der Waals surface area (Å²) in [6.07, 6.45) is 5.04. The lowest BCUT2D eigenvalue weighted by atomic mass is 9.94. The van der Waals surface area contributed by atoms with E-state index in [0.29, 0.717) is 17.1 Å². The van der Waals surface area contributed by atoms with E-state index in [1.807, 2.05) is 62.6 Å². The standard InChI is InChI=1S/C24H29N3O2S/c1-16(2)29-22-9-8-18(30-3)15-21(22)27-23(14-17-10-12-25-13-11-17)26-20-7-5-4-6-19(20)24(27)28/h4-9,15-17,25H,10-14H2,1-3H3. The van der Waals surface area contributed by atoms with Crippen molar-refractivity contribution < 1.29 is 4.74 Å². The summed E-state index contributed by atoms with van der Waals surface area (Å²) in [5.41, 5.74) is 1.51. The first-order valence-electron chi connectivity index (χ1n) is 10.6. The molecule has 1 aromatic heterocycles. The highest BCUT2D eigenvalue weighted by Crippen LogP contribution is 2.30. The summed E-state index contributed by atoms with van der Waals surface area (Å²) in [4.78, 5) is 19.7. The second-order valence-electron chi connectivity index (χ2n) is 8.08. The minimum absolute atomic E-state index is 0.0147. The number of thioether (sulfide) groups is 1. The highest BCUT2D eigenvalue weighted by atomic mass is 32.2. The van der Waals surface area contributed by atoms with Crippen molar-refractivity contribution in [2.75, 3.05) is 19.3 Å². The Morgan fingerprint density at radius 1 is 1.20 bits per heavy atom. The van der Waals surface area contributed by atoms with Crippen molar-refractivity contribution in [3.8, 4) is 11.4 Å². The number of piperidine rings is 1. The van der Waals surface area contributed by atoms with E-state index in [0.717, 1.165) is 54.3 Å². The van der Waals surface area contributed by atoms with Gasteiger partial charge >= 0.3 is 0 Å². The summed E-state index contributed by atoms with van der Waals surface area (Å²) < 4.78 is 7.90. The molecule has 0 unspecified atom stereocenters. The van der Waals surface area contributed by atoms with Gasteiger partial charge in [0, 0.05) is 11.3 Å². The first-order valence-corrected chi connectivity index (χ1v) is 11.9. The van der Waals surface area contributed by atoms with Crippen LogP contribution in [-0.4, -0.2) is 35.0 Å². The number of para-hydroxylation sites is 1. The SMILES string of the molecule is CSc1ccc(OC(C)C)c(-n2c(CC3CCNCC3)nc3ccccc3c2=O)c1. The molecule has 0 atom stereocenters. The zero-order valence-corrected chi connectivity index (χ0v) is 18.7. The van der Waals surface area contributed by atoms with Crippen molar-refractivity contribution in [3.63, 3.8) is 0 Å². The maximum Gasteiger partial charge on any atom is 0.266 e. The molecule has 30 heavy (non-hydrogen) atoms. The topological polar surface area (TPSA) is 56.1 Å². The van der Waals surface area contributed by atoms with Crippen LogP contribution in [-0.2, 0) is 6.42 Å². The first-order chi connectivity index (χ1) is 14.6. The smallest absolute Gasteiger partial charge is 0.266 e. The number of rotatable bonds is 6. The Hall–Kier alpha value is -2.31. The minimum Gasteiger partial charge on any atom is -0.489 e. The lowest BCUT2D eigenvalue weighted by Gasteiger charge is -2.24. The van der Waals surface area contributed by atoms with Gasteiger partial charge in [0.05, 0.1) is 22.7 Å². The van der Waals surface area contributed by atoms with Crippen LogP contribution in [0.2, 0.25) is 0 Å². The van der Waals surface area contributed by atoms with E-state index in [1.165, 1.54) is 0 Å². The van der Waals surface area contributed by atoms with Crippen LogP contribution >= 0.6 is 11.8 Å². The first kappa shape index (κ1) is 20.9. The van der Waals surface area contributed by atoms with Gasteiger partial charge in [0.1, 0.15) is 11.6 Å². The zero-order valence-electron chi connectivity index (χ0n) is 17.9. The van der Waals surface area contributed by atoms with Crippen molar-refractivity contribution in [3.05, 3.63) is 58.6 Å². The summed E-state index contributed by atoms with van der Waals surface area (Å²) in [6.45, 7) is 6.05. The molecule has 0 radical (unpaired) electrons. The summed E-state index contributed by atoms with van der Waals surface area (Å²) in [5.74, 6) is 2.05. The number of fused-ring (bicyclic) bond motifs is 1. The molecule has 0 saturated carbocycles. The predicted molar refractivity (Wildman–Crippen MR) is 124 cm³/mol.